The van der Waals surface area contributed by atoms with Gasteiger partial charge in [-0.1, -0.05) is 67.3 Å². The number of amides is 3. The fourth-order valence-electron chi connectivity index (χ4n) is 4.78. The third-order valence-corrected chi connectivity index (χ3v) is 9.34. The van der Waals surface area contributed by atoms with Gasteiger partial charge >= 0.3 is 11.0 Å². The molecule has 1 saturated heterocycles. The van der Waals surface area contributed by atoms with Crippen LogP contribution in [-0.4, -0.2) is 27.5 Å². The van der Waals surface area contributed by atoms with Crippen molar-refractivity contribution in [3.05, 3.63) is 74.7 Å². The minimum Gasteiger partial charge on any atom is -0.325 e. The Hall–Kier alpha value is -3.38. The summed E-state index contributed by atoms with van der Waals surface area (Å²) >= 11 is 1.82. The second-order valence-corrected chi connectivity index (χ2v) is 11.4. The average molecular weight is 548 g/mol. The molecule has 2 atom stereocenters. The first kappa shape index (κ1) is 25.3. The summed E-state index contributed by atoms with van der Waals surface area (Å²) in [6.45, 7) is 3.07. The van der Waals surface area contributed by atoms with E-state index in [1.807, 2.05) is 0 Å². The highest BCUT2D eigenvalue weighted by Gasteiger charge is 2.60. The van der Waals surface area contributed by atoms with Gasteiger partial charge in [0.05, 0.1) is 22.2 Å². The number of imide groups is 1. The van der Waals surface area contributed by atoms with Crippen molar-refractivity contribution in [3.8, 4) is 0 Å². The lowest BCUT2D eigenvalue weighted by molar-refractivity contribution is -0.137. The molecule has 2 aliphatic rings. The fraction of sp³-hybridized carbons (Fsp3) is 0.280. The molecular formula is C25H20F3N3O4S2. The number of carbonyl (C=O) groups is 3. The molecule has 12 heteroatoms. The summed E-state index contributed by atoms with van der Waals surface area (Å²) in [5, 5.41) is 2.03. The highest BCUT2D eigenvalue weighted by Crippen LogP contribution is 2.55. The van der Waals surface area contributed by atoms with Gasteiger partial charge in [-0.25, -0.2) is 4.90 Å². The van der Waals surface area contributed by atoms with E-state index in [1.54, 1.807) is 44.2 Å². The van der Waals surface area contributed by atoms with Crippen molar-refractivity contribution in [2.24, 2.45) is 5.92 Å². The van der Waals surface area contributed by atoms with E-state index in [0.717, 1.165) is 35.2 Å². The number of hydrogen-bond donors (Lipinski definition) is 1. The van der Waals surface area contributed by atoms with Crippen molar-refractivity contribution < 1.29 is 27.6 Å². The SMILES string of the molecule is CC1(C)c2sc(=O)n(CC(=O)Nc3ccccc3)c2SC2C(=O)N(c3ccccc3C(F)(F)F)C(=O)C21. The van der Waals surface area contributed by atoms with Crippen molar-refractivity contribution in [1.82, 2.24) is 4.57 Å². The first-order chi connectivity index (χ1) is 17.4. The molecule has 2 aliphatic heterocycles. The fourth-order valence-corrected chi connectivity index (χ4v) is 7.82. The normalized spacial score (nSPS) is 20.5. The van der Waals surface area contributed by atoms with E-state index in [-0.39, 0.29) is 6.54 Å². The second kappa shape index (κ2) is 8.88. The van der Waals surface area contributed by atoms with Crippen LogP contribution in [0.1, 0.15) is 24.3 Å². The van der Waals surface area contributed by atoms with Crippen LogP contribution >= 0.6 is 23.1 Å². The van der Waals surface area contributed by atoms with Gasteiger partial charge in [-0.15, -0.1) is 0 Å². The van der Waals surface area contributed by atoms with Gasteiger partial charge in [-0.05, 0) is 24.3 Å². The standard InChI is InChI=1S/C25H20F3N3O4S2/c1-24(2)17-18(21(34)31(20(17)33)15-11-7-6-10-14(15)25(26,27)28)36-22-19(24)37-23(35)30(22)12-16(32)29-13-8-4-3-5-9-13/h3-11,17-18H,12H2,1-2H3,(H,29,32). The van der Waals surface area contributed by atoms with E-state index in [4.69, 9.17) is 0 Å². The van der Waals surface area contributed by atoms with Crippen LogP contribution in [0.5, 0.6) is 0 Å². The Morgan fingerprint density at radius 1 is 1.00 bits per heavy atom. The van der Waals surface area contributed by atoms with Crippen LogP contribution in [0.3, 0.4) is 0 Å². The zero-order valence-electron chi connectivity index (χ0n) is 19.5. The van der Waals surface area contributed by atoms with Crippen molar-refractivity contribution in [2.75, 3.05) is 10.2 Å². The highest BCUT2D eigenvalue weighted by atomic mass is 32.2. The maximum atomic E-state index is 13.7. The monoisotopic (exact) mass is 547 g/mol. The van der Waals surface area contributed by atoms with Gasteiger partial charge in [-0.2, -0.15) is 13.2 Å². The Kier molecular flexibility index (Phi) is 6.06. The number of benzene rings is 2. The molecule has 192 valence electrons. The molecule has 2 aromatic carbocycles. The summed E-state index contributed by atoms with van der Waals surface area (Å²) in [6.07, 6.45) is -4.77. The number of thioether (sulfide) groups is 1. The van der Waals surface area contributed by atoms with Gasteiger partial charge in [0.2, 0.25) is 17.7 Å². The molecule has 2 unspecified atom stereocenters. The first-order valence-electron chi connectivity index (χ1n) is 11.2. The van der Waals surface area contributed by atoms with Gasteiger partial charge in [0.1, 0.15) is 11.8 Å². The molecule has 5 rings (SSSR count). The molecule has 3 heterocycles. The molecule has 0 bridgehead atoms. The number of hydrogen-bond acceptors (Lipinski definition) is 6. The minimum atomic E-state index is -4.77. The molecule has 1 fully saturated rings. The number of para-hydroxylation sites is 2. The highest BCUT2D eigenvalue weighted by molar-refractivity contribution is 8.00. The topological polar surface area (TPSA) is 88.5 Å². The third kappa shape index (κ3) is 4.17. The van der Waals surface area contributed by atoms with E-state index in [0.29, 0.717) is 20.5 Å². The number of nitrogens with one attached hydrogen (secondary N) is 1. The van der Waals surface area contributed by atoms with Crippen molar-refractivity contribution in [1.29, 1.82) is 0 Å². The summed E-state index contributed by atoms with van der Waals surface area (Å²) in [5.74, 6) is -2.97. The molecule has 1 aromatic heterocycles. The molecule has 7 nitrogen and oxygen atoms in total. The maximum Gasteiger partial charge on any atom is 0.418 e. The summed E-state index contributed by atoms with van der Waals surface area (Å²) in [5.41, 5.74) is -2.08. The Morgan fingerprint density at radius 3 is 2.32 bits per heavy atom. The molecule has 1 N–H and O–H groups in total. The van der Waals surface area contributed by atoms with E-state index >= 15 is 0 Å². The molecular weight excluding hydrogens is 527 g/mol. The summed E-state index contributed by atoms with van der Waals surface area (Å²) in [7, 11) is 0. The molecule has 0 radical (unpaired) electrons. The molecule has 37 heavy (non-hydrogen) atoms. The largest absolute Gasteiger partial charge is 0.418 e. The van der Waals surface area contributed by atoms with E-state index in [9.17, 15) is 32.3 Å². The van der Waals surface area contributed by atoms with Gasteiger partial charge in [-0.3, -0.25) is 23.7 Å². The van der Waals surface area contributed by atoms with E-state index in [1.165, 1.54) is 16.7 Å². The van der Waals surface area contributed by atoms with Crippen LogP contribution in [0.2, 0.25) is 0 Å². The Morgan fingerprint density at radius 2 is 1.65 bits per heavy atom. The van der Waals surface area contributed by atoms with Crippen molar-refractivity contribution in [3.63, 3.8) is 0 Å². The predicted octanol–water partition coefficient (Wildman–Crippen LogP) is 4.51. The van der Waals surface area contributed by atoms with Gasteiger partial charge in [0, 0.05) is 16.0 Å². The van der Waals surface area contributed by atoms with Crippen LogP contribution in [0.4, 0.5) is 24.5 Å². The Balaban J connectivity index is 1.51. The lowest BCUT2D eigenvalue weighted by Gasteiger charge is -2.36. The Labute approximate surface area is 217 Å². The number of fused-ring (bicyclic) bond motifs is 2. The zero-order chi connectivity index (χ0) is 26.7. The number of alkyl halides is 3. The summed E-state index contributed by atoms with van der Waals surface area (Å²) < 4.78 is 42.3. The molecule has 3 aromatic rings. The minimum absolute atomic E-state index is 0.317. The Bertz CT molecular complexity index is 1480. The lowest BCUT2D eigenvalue weighted by atomic mass is 9.76. The number of nitrogens with zero attached hydrogens (tertiary/aromatic N) is 2. The number of rotatable bonds is 4. The predicted molar refractivity (Wildman–Crippen MR) is 134 cm³/mol. The summed E-state index contributed by atoms with van der Waals surface area (Å²) in [4.78, 5) is 53.3. The zero-order valence-corrected chi connectivity index (χ0v) is 21.2. The van der Waals surface area contributed by atoms with E-state index in [2.05, 4.69) is 5.32 Å². The van der Waals surface area contributed by atoms with Crippen LogP contribution < -0.4 is 15.1 Å². The van der Waals surface area contributed by atoms with Crippen LogP contribution in [0, 0.1) is 5.92 Å². The lowest BCUT2D eigenvalue weighted by Crippen LogP contribution is -2.42. The van der Waals surface area contributed by atoms with E-state index < -0.39 is 56.6 Å². The number of anilines is 2. The van der Waals surface area contributed by atoms with Gasteiger partial charge < -0.3 is 5.32 Å². The van der Waals surface area contributed by atoms with Crippen molar-refractivity contribution >= 4 is 52.2 Å². The number of aromatic nitrogens is 1. The molecule has 3 amide bonds. The van der Waals surface area contributed by atoms with Crippen LogP contribution in [0.25, 0.3) is 0 Å². The number of thiazole rings is 1. The molecule has 0 aliphatic carbocycles. The quantitative estimate of drug-likeness (QED) is 0.486. The van der Waals surface area contributed by atoms with Crippen LogP contribution in [0.15, 0.2) is 64.4 Å². The number of halogens is 3. The second-order valence-electron chi connectivity index (χ2n) is 9.27. The van der Waals surface area contributed by atoms with Crippen LogP contribution in [-0.2, 0) is 32.5 Å². The number of carbonyl (C=O) groups excluding carboxylic acids is 3. The van der Waals surface area contributed by atoms with Gasteiger partial charge in [0.25, 0.3) is 0 Å². The molecule has 0 saturated carbocycles. The molecule has 0 spiro atoms. The van der Waals surface area contributed by atoms with Crippen molar-refractivity contribution in [2.45, 2.75) is 42.3 Å². The first-order valence-corrected chi connectivity index (χ1v) is 12.9. The average Bonchev–Trinajstić information content (AvgIpc) is 3.28. The summed E-state index contributed by atoms with van der Waals surface area (Å²) in [6, 6.07) is 13.1. The van der Waals surface area contributed by atoms with Gasteiger partial charge in [0.15, 0.2) is 0 Å². The third-order valence-electron chi connectivity index (χ3n) is 6.51. The maximum absolute atomic E-state index is 13.7. The smallest absolute Gasteiger partial charge is 0.325 e.